The minimum Gasteiger partial charge on any atom is -0.482 e. The summed E-state index contributed by atoms with van der Waals surface area (Å²) in [6, 6.07) is 13.5. The lowest BCUT2D eigenvalue weighted by Gasteiger charge is -2.33. The van der Waals surface area contributed by atoms with Gasteiger partial charge < -0.3 is 13.9 Å². The van der Waals surface area contributed by atoms with E-state index in [-0.39, 0.29) is 41.2 Å². The zero-order chi connectivity index (χ0) is 29.1. The van der Waals surface area contributed by atoms with Crippen molar-refractivity contribution in [3.8, 4) is 11.5 Å². The van der Waals surface area contributed by atoms with Gasteiger partial charge in [-0.15, -0.1) is 13.2 Å². The largest absolute Gasteiger partial charge is 0.573 e. The summed E-state index contributed by atoms with van der Waals surface area (Å²) in [5.74, 6) is 0.0265. The average molecular weight is 581 g/mol. The van der Waals surface area contributed by atoms with Crippen molar-refractivity contribution in [2.45, 2.75) is 50.6 Å². The van der Waals surface area contributed by atoms with Gasteiger partial charge in [-0.1, -0.05) is 45.0 Å². The fourth-order valence-electron chi connectivity index (χ4n) is 4.20. The Morgan fingerprint density at radius 1 is 0.925 bits per heavy atom. The molecule has 1 saturated heterocycles. The van der Waals surface area contributed by atoms with Crippen LogP contribution < -0.4 is 14.9 Å². The van der Waals surface area contributed by atoms with E-state index in [1.807, 2.05) is 29.2 Å². The van der Waals surface area contributed by atoms with Crippen LogP contribution in [0.4, 0.5) is 13.2 Å². The number of halogens is 3. The topological polar surface area (TPSA) is 89.3 Å². The van der Waals surface area contributed by atoms with E-state index in [2.05, 4.69) is 25.5 Å². The average Bonchev–Trinajstić information content (AvgIpc) is 2.88. The fourth-order valence-corrected chi connectivity index (χ4v) is 5.62. The lowest BCUT2D eigenvalue weighted by Crippen LogP contribution is -2.48. The van der Waals surface area contributed by atoms with Crippen LogP contribution in [0, 0.1) is 0 Å². The minimum absolute atomic E-state index is 0.0434. The molecule has 2 aromatic carbocycles. The Labute approximate surface area is 231 Å². The molecular formula is C28H31F3N2O6S. The van der Waals surface area contributed by atoms with Crippen LogP contribution in [-0.2, 0) is 28.6 Å². The van der Waals surface area contributed by atoms with E-state index in [0.717, 1.165) is 29.8 Å². The quantitative estimate of drug-likeness (QED) is 0.374. The third kappa shape index (κ3) is 7.64. The molecule has 0 amide bonds. The van der Waals surface area contributed by atoms with Gasteiger partial charge in [0.2, 0.25) is 21.2 Å². The van der Waals surface area contributed by atoms with Gasteiger partial charge in [-0.05, 0) is 40.8 Å². The van der Waals surface area contributed by atoms with Crippen molar-refractivity contribution in [2.24, 2.45) is 0 Å². The highest BCUT2D eigenvalue weighted by atomic mass is 32.2. The highest BCUT2D eigenvalue weighted by Gasteiger charge is 2.32. The van der Waals surface area contributed by atoms with E-state index in [1.54, 1.807) is 0 Å². The number of alkyl halides is 3. The molecule has 40 heavy (non-hydrogen) atoms. The van der Waals surface area contributed by atoms with Crippen LogP contribution in [0.15, 0.2) is 75.0 Å². The molecule has 0 saturated carbocycles. The van der Waals surface area contributed by atoms with E-state index < -0.39 is 22.1 Å². The Kier molecular flexibility index (Phi) is 8.62. The summed E-state index contributed by atoms with van der Waals surface area (Å²) in [6.45, 7) is 8.03. The van der Waals surface area contributed by atoms with Crippen LogP contribution in [0.2, 0.25) is 0 Å². The van der Waals surface area contributed by atoms with Gasteiger partial charge in [0, 0.05) is 32.2 Å². The Hall–Kier alpha value is -3.35. The first-order valence-electron chi connectivity index (χ1n) is 12.6. The molecule has 0 spiro atoms. The lowest BCUT2D eigenvalue weighted by molar-refractivity contribution is -0.274. The Morgan fingerprint density at radius 2 is 1.55 bits per heavy atom. The number of hydrogen-bond donors (Lipinski definition) is 0. The molecule has 0 aliphatic carbocycles. The molecule has 0 N–H and O–H groups in total. The predicted octanol–water partition coefficient (Wildman–Crippen LogP) is 4.92. The minimum atomic E-state index is -4.86. The van der Waals surface area contributed by atoms with Gasteiger partial charge in [0.05, 0.1) is 11.4 Å². The molecule has 4 rings (SSSR count). The second-order valence-corrected chi connectivity index (χ2v) is 12.4. The second-order valence-electron chi connectivity index (χ2n) is 10.5. The Morgan fingerprint density at radius 3 is 2.10 bits per heavy atom. The number of benzene rings is 2. The molecule has 216 valence electrons. The van der Waals surface area contributed by atoms with Crippen molar-refractivity contribution < 1.29 is 35.5 Å². The smallest absolute Gasteiger partial charge is 0.482 e. The molecule has 1 aromatic heterocycles. The number of rotatable bonds is 8. The summed E-state index contributed by atoms with van der Waals surface area (Å²) in [6.07, 6.45) is -3.57. The summed E-state index contributed by atoms with van der Waals surface area (Å²) in [5, 5.41) is 0. The normalized spacial score (nSPS) is 15.7. The van der Waals surface area contributed by atoms with Gasteiger partial charge in [0.15, 0.2) is 0 Å². The Bertz CT molecular complexity index is 1460. The van der Waals surface area contributed by atoms with Crippen LogP contribution in [0.3, 0.4) is 0 Å². The predicted molar refractivity (Wildman–Crippen MR) is 142 cm³/mol. The van der Waals surface area contributed by atoms with Gasteiger partial charge in [-0.3, -0.25) is 9.69 Å². The van der Waals surface area contributed by atoms with E-state index in [0.29, 0.717) is 25.4 Å². The molecule has 1 aliphatic heterocycles. The third-order valence-electron chi connectivity index (χ3n) is 6.47. The van der Waals surface area contributed by atoms with Crippen molar-refractivity contribution in [3.63, 3.8) is 0 Å². The van der Waals surface area contributed by atoms with Crippen LogP contribution in [0.5, 0.6) is 11.5 Å². The molecule has 8 nitrogen and oxygen atoms in total. The maximum Gasteiger partial charge on any atom is 0.573 e. The third-order valence-corrected chi connectivity index (χ3v) is 8.39. The van der Waals surface area contributed by atoms with Crippen molar-refractivity contribution in [3.05, 3.63) is 88.0 Å². The summed E-state index contributed by atoms with van der Waals surface area (Å²) >= 11 is 0. The summed E-state index contributed by atoms with van der Waals surface area (Å²) in [4.78, 5) is 14.4. The maximum atomic E-state index is 12.9. The molecule has 1 aliphatic rings. The first-order valence-corrected chi connectivity index (χ1v) is 14.1. The zero-order valence-electron chi connectivity index (χ0n) is 22.4. The monoisotopic (exact) mass is 580 g/mol. The van der Waals surface area contributed by atoms with Crippen LogP contribution in [0.25, 0.3) is 0 Å². The summed E-state index contributed by atoms with van der Waals surface area (Å²) in [7, 11) is -3.89. The van der Waals surface area contributed by atoms with Gasteiger partial charge in [0.25, 0.3) is 0 Å². The highest BCUT2D eigenvalue weighted by Crippen LogP contribution is 2.26. The summed E-state index contributed by atoms with van der Waals surface area (Å²) < 4.78 is 79.3. The van der Waals surface area contributed by atoms with Crippen LogP contribution in [-0.4, -0.2) is 50.2 Å². The fraction of sp³-hybridized carbons (Fsp3) is 0.393. The van der Waals surface area contributed by atoms with Gasteiger partial charge >= 0.3 is 6.36 Å². The van der Waals surface area contributed by atoms with Gasteiger partial charge in [-0.25, -0.2) is 8.42 Å². The van der Waals surface area contributed by atoms with Crippen molar-refractivity contribution in [1.82, 2.24) is 9.21 Å². The molecule has 0 unspecified atom stereocenters. The number of nitrogens with zero attached hydrogens (tertiary/aromatic N) is 2. The standard InChI is InChI=1S/C28H31F3N2O6S/c1-27(2,3)21-6-4-20(5-7-21)18-38-26-19-37-23(16-25(26)34)17-32-12-14-33(15-13-32)40(35,36)24-10-8-22(9-11-24)39-28(29,30)31/h4-11,16,19H,12-15,17-18H2,1-3H3. The molecule has 0 bridgehead atoms. The maximum absolute atomic E-state index is 12.9. The molecule has 1 fully saturated rings. The first kappa shape index (κ1) is 29.6. The van der Waals surface area contributed by atoms with Crippen molar-refractivity contribution >= 4 is 10.0 Å². The summed E-state index contributed by atoms with van der Waals surface area (Å²) in [5.41, 5.74) is 1.86. The van der Waals surface area contributed by atoms with Gasteiger partial charge in [0.1, 0.15) is 24.4 Å². The van der Waals surface area contributed by atoms with Crippen LogP contribution >= 0.6 is 0 Å². The lowest BCUT2D eigenvalue weighted by atomic mass is 9.87. The Balaban J connectivity index is 1.29. The molecule has 2 heterocycles. The van der Waals surface area contributed by atoms with E-state index >= 15 is 0 Å². The molecule has 0 radical (unpaired) electrons. The van der Waals surface area contributed by atoms with E-state index in [4.69, 9.17) is 9.15 Å². The van der Waals surface area contributed by atoms with Crippen LogP contribution in [0.1, 0.15) is 37.7 Å². The SMILES string of the molecule is CC(C)(C)c1ccc(COc2coc(CN3CCN(S(=O)(=O)c4ccc(OC(F)(F)F)cc4)CC3)cc2=O)cc1. The molecular weight excluding hydrogens is 549 g/mol. The molecule has 0 atom stereocenters. The van der Waals surface area contributed by atoms with E-state index in [9.17, 15) is 26.4 Å². The number of sulfonamides is 1. The second kappa shape index (κ2) is 11.6. The number of piperazine rings is 1. The highest BCUT2D eigenvalue weighted by molar-refractivity contribution is 7.89. The van der Waals surface area contributed by atoms with E-state index in [1.165, 1.54) is 22.2 Å². The van der Waals surface area contributed by atoms with Gasteiger partial charge in [-0.2, -0.15) is 4.31 Å². The van der Waals surface area contributed by atoms with Crippen molar-refractivity contribution in [2.75, 3.05) is 26.2 Å². The first-order chi connectivity index (χ1) is 18.7. The molecule has 3 aromatic rings. The number of ether oxygens (including phenoxy) is 2. The molecule has 12 heteroatoms. The zero-order valence-corrected chi connectivity index (χ0v) is 23.2. The van der Waals surface area contributed by atoms with Crippen molar-refractivity contribution in [1.29, 1.82) is 0 Å². The number of hydrogen-bond acceptors (Lipinski definition) is 7.